The summed E-state index contributed by atoms with van der Waals surface area (Å²) >= 11 is 0. The first-order valence-electron chi connectivity index (χ1n) is 6.41. The SMILES string of the molecule is Cc1cc2c(cc1F)C(=O)N([C@H]1CCC(=O)NC1=O)C2. The van der Waals surface area contributed by atoms with Crippen molar-refractivity contribution in [1.82, 2.24) is 10.2 Å². The number of carbonyl (C=O) groups excluding carboxylic acids is 3. The van der Waals surface area contributed by atoms with Crippen molar-refractivity contribution in [2.75, 3.05) is 0 Å². The molecule has 3 amide bonds. The van der Waals surface area contributed by atoms with Crippen LogP contribution in [0.15, 0.2) is 12.1 Å². The van der Waals surface area contributed by atoms with Gasteiger partial charge in [-0.3, -0.25) is 19.7 Å². The normalized spacial score (nSPS) is 22.0. The molecule has 0 radical (unpaired) electrons. The summed E-state index contributed by atoms with van der Waals surface area (Å²) in [5.41, 5.74) is 1.50. The highest BCUT2D eigenvalue weighted by molar-refractivity contribution is 6.05. The smallest absolute Gasteiger partial charge is 0.255 e. The second-order valence-electron chi connectivity index (χ2n) is 5.16. The predicted octanol–water partition coefficient (Wildman–Crippen LogP) is 0.895. The van der Waals surface area contributed by atoms with Crippen LogP contribution in [-0.4, -0.2) is 28.7 Å². The number of amides is 3. The van der Waals surface area contributed by atoms with E-state index in [0.29, 0.717) is 17.5 Å². The number of fused-ring (bicyclic) bond motifs is 1. The predicted molar refractivity (Wildman–Crippen MR) is 67.2 cm³/mol. The van der Waals surface area contributed by atoms with Gasteiger partial charge in [-0.2, -0.15) is 0 Å². The van der Waals surface area contributed by atoms with Crippen LogP contribution in [0, 0.1) is 12.7 Å². The van der Waals surface area contributed by atoms with E-state index in [-0.39, 0.29) is 24.8 Å². The number of nitrogens with zero attached hydrogens (tertiary/aromatic N) is 1. The van der Waals surface area contributed by atoms with Gasteiger partial charge < -0.3 is 4.90 Å². The van der Waals surface area contributed by atoms with Gasteiger partial charge in [-0.05, 0) is 30.5 Å². The molecule has 0 unspecified atom stereocenters. The Labute approximate surface area is 114 Å². The molecule has 1 aromatic rings. The molecule has 1 saturated heterocycles. The number of piperidine rings is 1. The first-order chi connectivity index (χ1) is 9.47. The Bertz CT molecular complexity index is 642. The summed E-state index contributed by atoms with van der Waals surface area (Å²) < 4.78 is 13.5. The Hall–Kier alpha value is -2.24. The number of carbonyl (C=O) groups is 3. The lowest BCUT2D eigenvalue weighted by Gasteiger charge is -2.29. The van der Waals surface area contributed by atoms with E-state index < -0.39 is 17.8 Å². The lowest BCUT2D eigenvalue weighted by molar-refractivity contribution is -0.136. The van der Waals surface area contributed by atoms with Crippen molar-refractivity contribution >= 4 is 17.7 Å². The third-order valence-corrected chi connectivity index (χ3v) is 3.80. The maximum absolute atomic E-state index is 13.5. The fraction of sp³-hybridized carbons (Fsp3) is 0.357. The summed E-state index contributed by atoms with van der Waals surface area (Å²) in [5, 5.41) is 2.23. The first-order valence-corrected chi connectivity index (χ1v) is 6.41. The Morgan fingerprint density at radius 1 is 1.30 bits per heavy atom. The largest absolute Gasteiger partial charge is 0.322 e. The molecule has 1 N–H and O–H groups in total. The van der Waals surface area contributed by atoms with Crippen molar-refractivity contribution in [2.45, 2.75) is 32.4 Å². The average molecular weight is 276 g/mol. The molecular weight excluding hydrogens is 263 g/mol. The Kier molecular flexibility index (Phi) is 2.81. The Morgan fingerprint density at radius 2 is 2.05 bits per heavy atom. The number of hydrogen-bond acceptors (Lipinski definition) is 3. The summed E-state index contributed by atoms with van der Waals surface area (Å²) in [6, 6.07) is 2.20. The zero-order chi connectivity index (χ0) is 14.4. The van der Waals surface area contributed by atoms with Crippen LogP contribution in [0.25, 0.3) is 0 Å². The third-order valence-electron chi connectivity index (χ3n) is 3.80. The second kappa shape index (κ2) is 4.40. The van der Waals surface area contributed by atoms with Gasteiger partial charge in [0.15, 0.2) is 0 Å². The molecule has 1 aromatic carbocycles. The molecule has 0 bridgehead atoms. The van der Waals surface area contributed by atoms with Crippen LogP contribution in [0.2, 0.25) is 0 Å². The molecule has 0 aromatic heterocycles. The lowest BCUT2D eigenvalue weighted by Crippen LogP contribution is -2.52. The van der Waals surface area contributed by atoms with Crippen molar-refractivity contribution in [3.8, 4) is 0 Å². The molecule has 2 aliphatic rings. The molecule has 3 rings (SSSR count). The molecule has 6 heteroatoms. The highest BCUT2D eigenvalue weighted by atomic mass is 19.1. The molecule has 0 saturated carbocycles. The number of nitrogens with one attached hydrogen (secondary N) is 1. The van der Waals surface area contributed by atoms with E-state index in [1.807, 2.05) is 0 Å². The highest BCUT2D eigenvalue weighted by Crippen LogP contribution is 2.29. The molecule has 1 atom stereocenters. The molecule has 5 nitrogen and oxygen atoms in total. The van der Waals surface area contributed by atoms with Crippen LogP contribution in [-0.2, 0) is 16.1 Å². The van der Waals surface area contributed by atoms with Gasteiger partial charge in [0.25, 0.3) is 5.91 Å². The van der Waals surface area contributed by atoms with Crippen LogP contribution >= 0.6 is 0 Å². The van der Waals surface area contributed by atoms with E-state index >= 15 is 0 Å². The molecule has 104 valence electrons. The van der Waals surface area contributed by atoms with Gasteiger partial charge in [0, 0.05) is 18.5 Å². The third kappa shape index (κ3) is 1.88. The number of imide groups is 1. The maximum atomic E-state index is 13.5. The Morgan fingerprint density at radius 3 is 2.75 bits per heavy atom. The van der Waals surface area contributed by atoms with Gasteiger partial charge >= 0.3 is 0 Å². The molecule has 0 spiro atoms. The number of benzene rings is 1. The van der Waals surface area contributed by atoms with Crippen molar-refractivity contribution in [2.24, 2.45) is 0 Å². The van der Waals surface area contributed by atoms with Crippen LogP contribution in [0.1, 0.15) is 34.3 Å². The van der Waals surface area contributed by atoms with Gasteiger partial charge in [-0.15, -0.1) is 0 Å². The minimum atomic E-state index is -0.657. The minimum Gasteiger partial charge on any atom is -0.322 e. The summed E-state index contributed by atoms with van der Waals surface area (Å²) in [4.78, 5) is 36.6. The fourth-order valence-corrected chi connectivity index (χ4v) is 2.71. The average Bonchev–Trinajstić information content (AvgIpc) is 2.68. The summed E-state index contributed by atoms with van der Waals surface area (Å²) in [6.45, 7) is 1.91. The zero-order valence-electron chi connectivity index (χ0n) is 10.9. The number of halogens is 1. The van der Waals surface area contributed by atoms with Crippen LogP contribution in [0.5, 0.6) is 0 Å². The van der Waals surface area contributed by atoms with Crippen molar-refractivity contribution < 1.29 is 18.8 Å². The van der Waals surface area contributed by atoms with Crippen molar-refractivity contribution in [3.63, 3.8) is 0 Å². The van der Waals surface area contributed by atoms with Gasteiger partial charge in [0.2, 0.25) is 11.8 Å². The van der Waals surface area contributed by atoms with E-state index in [2.05, 4.69) is 5.32 Å². The van der Waals surface area contributed by atoms with Crippen LogP contribution in [0.4, 0.5) is 4.39 Å². The summed E-state index contributed by atoms with van der Waals surface area (Å²) in [5.74, 6) is -1.56. The van der Waals surface area contributed by atoms with Crippen LogP contribution < -0.4 is 5.32 Å². The zero-order valence-corrected chi connectivity index (χ0v) is 10.9. The topological polar surface area (TPSA) is 66.5 Å². The van der Waals surface area contributed by atoms with E-state index in [1.165, 1.54) is 11.0 Å². The lowest BCUT2D eigenvalue weighted by atomic mass is 10.0. The first kappa shape index (κ1) is 12.8. The fourth-order valence-electron chi connectivity index (χ4n) is 2.71. The van der Waals surface area contributed by atoms with E-state index in [4.69, 9.17) is 0 Å². The summed E-state index contributed by atoms with van der Waals surface area (Å²) in [6.07, 6.45) is 0.524. The van der Waals surface area contributed by atoms with E-state index in [9.17, 15) is 18.8 Å². The number of hydrogen-bond donors (Lipinski definition) is 1. The molecule has 2 heterocycles. The van der Waals surface area contributed by atoms with Gasteiger partial charge in [0.1, 0.15) is 11.9 Å². The number of aryl methyl sites for hydroxylation is 1. The van der Waals surface area contributed by atoms with Gasteiger partial charge in [-0.1, -0.05) is 6.07 Å². The molecule has 0 aliphatic carbocycles. The second-order valence-corrected chi connectivity index (χ2v) is 5.16. The molecule has 20 heavy (non-hydrogen) atoms. The molecule has 1 fully saturated rings. The van der Waals surface area contributed by atoms with Crippen molar-refractivity contribution in [3.05, 3.63) is 34.6 Å². The summed E-state index contributed by atoms with van der Waals surface area (Å²) in [7, 11) is 0. The minimum absolute atomic E-state index is 0.212. The Balaban J connectivity index is 1.90. The van der Waals surface area contributed by atoms with Gasteiger partial charge in [-0.25, -0.2) is 4.39 Å². The van der Waals surface area contributed by atoms with E-state index in [0.717, 1.165) is 5.56 Å². The quantitative estimate of drug-likeness (QED) is 0.775. The molecular formula is C14H13FN2O3. The standard InChI is InChI=1S/C14H13FN2O3/c1-7-4-8-6-17(14(20)9(8)5-10(7)15)11-2-3-12(18)16-13(11)19/h4-5,11H,2-3,6H2,1H3,(H,16,18,19)/t11-/m0/s1. The molecule has 2 aliphatic heterocycles. The number of rotatable bonds is 1. The van der Waals surface area contributed by atoms with E-state index in [1.54, 1.807) is 13.0 Å². The highest BCUT2D eigenvalue weighted by Gasteiger charge is 2.39. The monoisotopic (exact) mass is 276 g/mol. The maximum Gasteiger partial charge on any atom is 0.255 e. The van der Waals surface area contributed by atoms with Crippen molar-refractivity contribution in [1.29, 1.82) is 0 Å². The van der Waals surface area contributed by atoms with Gasteiger partial charge in [0.05, 0.1) is 0 Å². The van der Waals surface area contributed by atoms with Crippen LogP contribution in [0.3, 0.4) is 0 Å².